The molecule has 1 aromatic carbocycles. The Morgan fingerprint density at radius 3 is 2.31 bits per heavy atom. The summed E-state index contributed by atoms with van der Waals surface area (Å²) < 4.78 is 10.8. The molecule has 0 atom stereocenters. The Labute approximate surface area is 153 Å². The molecule has 0 spiro atoms. The lowest BCUT2D eigenvalue weighted by atomic mass is 10.1. The summed E-state index contributed by atoms with van der Waals surface area (Å²) in [6, 6.07) is 10.6. The zero-order chi connectivity index (χ0) is 19.0. The van der Waals surface area contributed by atoms with Gasteiger partial charge in [0.15, 0.2) is 6.61 Å². The number of aliphatic hydroxyl groups excluding tert-OH is 1. The van der Waals surface area contributed by atoms with Crippen molar-refractivity contribution in [3.8, 4) is 11.5 Å². The van der Waals surface area contributed by atoms with Gasteiger partial charge in [0.2, 0.25) is 0 Å². The number of rotatable bonds is 9. The second-order valence-electron chi connectivity index (χ2n) is 6.34. The molecule has 0 radical (unpaired) electrons. The van der Waals surface area contributed by atoms with Gasteiger partial charge in [-0.15, -0.1) is 0 Å². The number of anilines is 2. The van der Waals surface area contributed by atoms with Crippen LogP contribution in [0.2, 0.25) is 0 Å². The maximum absolute atomic E-state index is 12.0. The average Bonchev–Trinajstić information content (AvgIpc) is 2.63. The van der Waals surface area contributed by atoms with E-state index in [0.29, 0.717) is 23.9 Å². The van der Waals surface area contributed by atoms with Crippen LogP contribution in [-0.2, 0) is 4.79 Å². The number of carbonyl (C=O) groups excluding carboxylic acids is 1. The minimum Gasteiger partial charge on any atom is -0.494 e. The number of ether oxygens (including phenoxy) is 2. The van der Waals surface area contributed by atoms with E-state index in [9.17, 15) is 9.90 Å². The molecule has 0 saturated heterocycles. The summed E-state index contributed by atoms with van der Waals surface area (Å²) in [5, 5.41) is 15.1. The number of hydrogen-bond donors (Lipinski definition) is 3. The summed E-state index contributed by atoms with van der Waals surface area (Å²) in [6.07, 6.45) is 1.55. The van der Waals surface area contributed by atoms with E-state index in [-0.39, 0.29) is 19.1 Å². The number of carbonyl (C=O) groups is 1. The summed E-state index contributed by atoms with van der Waals surface area (Å²) in [6.45, 7) is 6.12. The molecule has 26 heavy (non-hydrogen) atoms. The molecule has 1 amide bonds. The fraction of sp³-hybridized carbons (Fsp3) is 0.368. The zero-order valence-electron chi connectivity index (χ0n) is 15.3. The van der Waals surface area contributed by atoms with Gasteiger partial charge in [-0.2, -0.15) is 0 Å². The van der Waals surface area contributed by atoms with Gasteiger partial charge in [-0.25, -0.2) is 4.98 Å². The third-order valence-electron chi connectivity index (χ3n) is 3.41. The summed E-state index contributed by atoms with van der Waals surface area (Å²) in [7, 11) is 0. The maximum atomic E-state index is 12.0. The van der Waals surface area contributed by atoms with E-state index in [4.69, 9.17) is 9.47 Å². The molecule has 140 valence electrons. The SMILES string of the molecule is CCOc1ccc(OCC(=O)Nc2ccc(NC(C)(C)CO)nc2)cc1. The average molecular weight is 359 g/mol. The van der Waals surface area contributed by atoms with Crippen LogP contribution in [-0.4, -0.2) is 41.4 Å². The maximum Gasteiger partial charge on any atom is 0.262 e. The van der Waals surface area contributed by atoms with Crippen LogP contribution in [0.5, 0.6) is 11.5 Å². The van der Waals surface area contributed by atoms with Gasteiger partial charge >= 0.3 is 0 Å². The molecule has 0 aliphatic carbocycles. The molecule has 0 aliphatic rings. The number of pyridine rings is 1. The Morgan fingerprint density at radius 1 is 1.12 bits per heavy atom. The van der Waals surface area contributed by atoms with E-state index >= 15 is 0 Å². The van der Waals surface area contributed by atoms with Crippen LogP contribution >= 0.6 is 0 Å². The molecule has 2 aromatic rings. The molecule has 1 aromatic heterocycles. The van der Waals surface area contributed by atoms with Crippen molar-refractivity contribution in [1.29, 1.82) is 0 Å². The van der Waals surface area contributed by atoms with E-state index in [1.54, 1.807) is 42.6 Å². The molecular formula is C19H25N3O4. The van der Waals surface area contributed by atoms with Crippen LogP contribution in [0.15, 0.2) is 42.6 Å². The fourth-order valence-corrected chi connectivity index (χ4v) is 2.07. The topological polar surface area (TPSA) is 92.7 Å². The molecule has 3 N–H and O–H groups in total. The summed E-state index contributed by atoms with van der Waals surface area (Å²) in [5.41, 5.74) is 0.0983. The van der Waals surface area contributed by atoms with E-state index in [1.165, 1.54) is 0 Å². The molecule has 0 saturated carbocycles. The molecule has 7 heteroatoms. The van der Waals surface area contributed by atoms with Gasteiger partial charge in [0, 0.05) is 0 Å². The van der Waals surface area contributed by atoms with Crippen LogP contribution in [0.1, 0.15) is 20.8 Å². The minimum absolute atomic E-state index is 0.0178. The third-order valence-corrected chi connectivity index (χ3v) is 3.41. The van der Waals surface area contributed by atoms with Crippen molar-refractivity contribution >= 4 is 17.4 Å². The first-order valence-electron chi connectivity index (χ1n) is 8.42. The van der Waals surface area contributed by atoms with E-state index in [0.717, 1.165) is 5.75 Å². The van der Waals surface area contributed by atoms with Crippen molar-refractivity contribution in [2.24, 2.45) is 0 Å². The Hall–Kier alpha value is -2.80. The van der Waals surface area contributed by atoms with E-state index in [1.807, 2.05) is 20.8 Å². The normalized spacial score (nSPS) is 10.9. The van der Waals surface area contributed by atoms with Gasteiger partial charge in [0.05, 0.1) is 30.6 Å². The molecule has 2 rings (SSSR count). The molecule has 7 nitrogen and oxygen atoms in total. The first-order valence-corrected chi connectivity index (χ1v) is 8.42. The Balaban J connectivity index is 1.82. The van der Waals surface area contributed by atoms with Gasteiger partial charge in [-0.1, -0.05) is 0 Å². The van der Waals surface area contributed by atoms with E-state index in [2.05, 4.69) is 15.6 Å². The number of aliphatic hydroxyl groups is 1. The Morgan fingerprint density at radius 2 is 1.77 bits per heavy atom. The molecule has 0 aliphatic heterocycles. The number of nitrogens with one attached hydrogen (secondary N) is 2. The van der Waals surface area contributed by atoms with Crippen LogP contribution < -0.4 is 20.1 Å². The molecule has 0 fully saturated rings. The standard InChI is InChI=1S/C19H25N3O4/c1-4-25-15-6-8-16(9-7-15)26-12-18(24)21-14-5-10-17(20-11-14)22-19(2,3)13-23/h5-11,23H,4,12-13H2,1-3H3,(H,20,22)(H,21,24). The van der Waals surface area contributed by atoms with Crippen molar-refractivity contribution in [1.82, 2.24) is 4.98 Å². The minimum atomic E-state index is -0.469. The second-order valence-corrected chi connectivity index (χ2v) is 6.34. The van der Waals surface area contributed by atoms with Crippen LogP contribution in [0.25, 0.3) is 0 Å². The first-order chi connectivity index (χ1) is 12.4. The molecule has 0 bridgehead atoms. The van der Waals surface area contributed by atoms with Gasteiger partial charge in [0.25, 0.3) is 5.91 Å². The second kappa shape index (κ2) is 9.05. The van der Waals surface area contributed by atoms with Crippen LogP contribution in [0, 0.1) is 0 Å². The highest BCUT2D eigenvalue weighted by atomic mass is 16.5. The highest BCUT2D eigenvalue weighted by Crippen LogP contribution is 2.18. The Bertz CT molecular complexity index is 700. The smallest absolute Gasteiger partial charge is 0.262 e. The number of nitrogens with zero attached hydrogens (tertiary/aromatic N) is 1. The summed E-state index contributed by atoms with van der Waals surface area (Å²) >= 11 is 0. The van der Waals surface area contributed by atoms with Gasteiger partial charge in [-0.05, 0) is 57.2 Å². The number of hydrogen-bond acceptors (Lipinski definition) is 6. The van der Waals surface area contributed by atoms with Crippen molar-refractivity contribution in [2.75, 3.05) is 30.5 Å². The summed E-state index contributed by atoms with van der Waals surface area (Å²) in [5.74, 6) is 1.69. The molecule has 1 heterocycles. The number of benzene rings is 1. The zero-order valence-corrected chi connectivity index (χ0v) is 15.3. The highest BCUT2D eigenvalue weighted by Gasteiger charge is 2.16. The number of amides is 1. The summed E-state index contributed by atoms with van der Waals surface area (Å²) in [4.78, 5) is 16.2. The largest absolute Gasteiger partial charge is 0.494 e. The first kappa shape index (κ1) is 19.5. The van der Waals surface area contributed by atoms with Crippen molar-refractivity contribution < 1.29 is 19.4 Å². The molecular weight excluding hydrogens is 334 g/mol. The lowest BCUT2D eigenvalue weighted by Gasteiger charge is -2.24. The van der Waals surface area contributed by atoms with Crippen molar-refractivity contribution in [2.45, 2.75) is 26.3 Å². The van der Waals surface area contributed by atoms with Gasteiger partial charge in [0.1, 0.15) is 17.3 Å². The monoisotopic (exact) mass is 359 g/mol. The predicted molar refractivity (Wildman–Crippen MR) is 101 cm³/mol. The van der Waals surface area contributed by atoms with Gasteiger partial charge in [-0.3, -0.25) is 4.79 Å². The van der Waals surface area contributed by atoms with Crippen molar-refractivity contribution in [3.05, 3.63) is 42.6 Å². The fourth-order valence-electron chi connectivity index (χ4n) is 2.07. The lowest BCUT2D eigenvalue weighted by Crippen LogP contribution is -2.35. The van der Waals surface area contributed by atoms with Crippen molar-refractivity contribution in [3.63, 3.8) is 0 Å². The van der Waals surface area contributed by atoms with E-state index < -0.39 is 5.54 Å². The Kier molecular flexibility index (Phi) is 6.80. The molecule has 0 unspecified atom stereocenters. The van der Waals surface area contributed by atoms with Gasteiger partial charge < -0.3 is 25.2 Å². The predicted octanol–water partition coefficient (Wildman–Crippen LogP) is 2.68. The van der Waals surface area contributed by atoms with Crippen LogP contribution in [0.4, 0.5) is 11.5 Å². The highest BCUT2D eigenvalue weighted by molar-refractivity contribution is 5.91. The lowest BCUT2D eigenvalue weighted by molar-refractivity contribution is -0.118. The van der Waals surface area contributed by atoms with Crippen LogP contribution in [0.3, 0.4) is 0 Å². The quantitative estimate of drug-likeness (QED) is 0.637. The number of aromatic nitrogens is 1. The third kappa shape index (κ3) is 6.25.